The van der Waals surface area contributed by atoms with Crippen molar-refractivity contribution in [1.29, 1.82) is 0 Å². The van der Waals surface area contributed by atoms with Gasteiger partial charge in [0.1, 0.15) is 11.5 Å². The number of halogens is 4. The summed E-state index contributed by atoms with van der Waals surface area (Å²) in [7, 11) is 0. The number of alkyl halides is 3. The summed E-state index contributed by atoms with van der Waals surface area (Å²) in [6.07, 6.45) is -0.301. The topological polar surface area (TPSA) is 94.8 Å². The Morgan fingerprint density at radius 1 is 1.14 bits per heavy atom. The molecule has 2 heterocycles. The second-order valence-electron chi connectivity index (χ2n) is 6.39. The van der Waals surface area contributed by atoms with Crippen LogP contribution in [-0.2, 0) is 6.54 Å². The molecule has 0 aliphatic rings. The Kier molecular flexibility index (Phi) is 5.55. The van der Waals surface area contributed by atoms with Crippen LogP contribution >= 0.6 is 0 Å². The summed E-state index contributed by atoms with van der Waals surface area (Å²) in [5.74, 6) is 4.65. The van der Waals surface area contributed by atoms with Crippen LogP contribution in [0.3, 0.4) is 0 Å². The van der Waals surface area contributed by atoms with Crippen LogP contribution < -0.4 is 17.0 Å². The highest BCUT2D eigenvalue weighted by Gasteiger charge is 2.36. The van der Waals surface area contributed by atoms with Gasteiger partial charge in [-0.2, -0.15) is 13.2 Å². The van der Waals surface area contributed by atoms with E-state index >= 15 is 0 Å². The monoisotopic (exact) mass is 406 g/mol. The third-order valence-corrected chi connectivity index (χ3v) is 4.23. The van der Waals surface area contributed by atoms with E-state index in [0.717, 1.165) is 5.56 Å². The maximum absolute atomic E-state index is 14.0. The van der Waals surface area contributed by atoms with E-state index in [1.807, 2.05) is 0 Å². The van der Waals surface area contributed by atoms with E-state index < -0.39 is 17.6 Å². The SMILES string of the molecule is Cc1ccc(Cn2cnc(-c3cc(/C(N)=C(/NN)C(F)(F)F)ccn3)c2)c(F)c1. The van der Waals surface area contributed by atoms with Gasteiger partial charge in [0.05, 0.1) is 24.3 Å². The lowest BCUT2D eigenvalue weighted by atomic mass is 10.1. The van der Waals surface area contributed by atoms with Gasteiger partial charge in [0.15, 0.2) is 5.70 Å². The van der Waals surface area contributed by atoms with Crippen LogP contribution in [0.4, 0.5) is 17.6 Å². The van der Waals surface area contributed by atoms with Gasteiger partial charge in [-0.25, -0.2) is 9.37 Å². The second kappa shape index (κ2) is 7.92. The molecule has 152 valence electrons. The standard InChI is InChI=1S/C19H18F4N6/c1-11-2-3-13(14(20)6-11)8-29-9-16(27-10-29)15-7-12(4-5-26-15)17(24)18(28-25)19(21,22)23/h2-7,9-10,28H,8,24-25H2,1H3/b18-17-. The number of nitrogens with one attached hydrogen (secondary N) is 1. The molecule has 0 unspecified atom stereocenters. The van der Waals surface area contributed by atoms with Gasteiger partial charge >= 0.3 is 6.18 Å². The molecular weight excluding hydrogens is 388 g/mol. The molecule has 0 saturated carbocycles. The maximum atomic E-state index is 14.0. The first kappa shape index (κ1) is 20.3. The molecule has 0 spiro atoms. The number of rotatable bonds is 5. The van der Waals surface area contributed by atoms with Crippen LogP contribution in [0.15, 0.2) is 54.7 Å². The number of allylic oxidation sites excluding steroid dienone is 1. The highest BCUT2D eigenvalue weighted by atomic mass is 19.4. The highest BCUT2D eigenvalue weighted by molar-refractivity contribution is 5.69. The Hall–Kier alpha value is -3.40. The quantitative estimate of drug-likeness (QED) is 0.344. The van der Waals surface area contributed by atoms with Gasteiger partial charge < -0.3 is 15.7 Å². The fourth-order valence-electron chi connectivity index (χ4n) is 2.75. The third-order valence-electron chi connectivity index (χ3n) is 4.23. The van der Waals surface area contributed by atoms with Gasteiger partial charge in [-0.3, -0.25) is 10.8 Å². The number of benzene rings is 1. The smallest absolute Gasteiger partial charge is 0.397 e. The number of pyridine rings is 1. The molecule has 2 aromatic heterocycles. The summed E-state index contributed by atoms with van der Waals surface area (Å²) in [4.78, 5) is 8.33. The van der Waals surface area contributed by atoms with Crippen LogP contribution in [-0.4, -0.2) is 20.7 Å². The van der Waals surface area contributed by atoms with Gasteiger partial charge in [0.25, 0.3) is 0 Å². The lowest BCUT2D eigenvalue weighted by Crippen LogP contribution is -2.34. The Morgan fingerprint density at radius 3 is 2.55 bits per heavy atom. The largest absolute Gasteiger partial charge is 0.434 e. The summed E-state index contributed by atoms with van der Waals surface area (Å²) in [5.41, 5.74) is 7.51. The van der Waals surface area contributed by atoms with E-state index in [2.05, 4.69) is 9.97 Å². The molecule has 0 aliphatic carbocycles. The van der Waals surface area contributed by atoms with Crippen molar-refractivity contribution in [1.82, 2.24) is 20.0 Å². The lowest BCUT2D eigenvalue weighted by molar-refractivity contribution is -0.0961. The molecule has 1 aromatic carbocycles. The number of hydrogen-bond acceptors (Lipinski definition) is 5. The molecule has 3 aromatic rings. The summed E-state index contributed by atoms with van der Waals surface area (Å²) >= 11 is 0. The average Bonchev–Trinajstić information content (AvgIpc) is 3.12. The van der Waals surface area contributed by atoms with Gasteiger partial charge in [-0.05, 0) is 30.7 Å². The zero-order valence-corrected chi connectivity index (χ0v) is 15.3. The molecule has 0 saturated heterocycles. The maximum Gasteiger partial charge on any atom is 0.434 e. The Labute approximate surface area is 163 Å². The Balaban J connectivity index is 1.89. The van der Waals surface area contributed by atoms with E-state index in [1.165, 1.54) is 30.7 Å². The third kappa shape index (κ3) is 4.54. The van der Waals surface area contributed by atoms with Gasteiger partial charge in [-0.1, -0.05) is 12.1 Å². The van der Waals surface area contributed by atoms with Crippen LogP contribution in [0.1, 0.15) is 16.7 Å². The van der Waals surface area contributed by atoms with Crippen LogP contribution in [0.5, 0.6) is 0 Å². The van der Waals surface area contributed by atoms with Crippen molar-refractivity contribution in [2.45, 2.75) is 19.6 Å². The van der Waals surface area contributed by atoms with E-state index in [4.69, 9.17) is 11.6 Å². The minimum Gasteiger partial charge on any atom is -0.397 e. The molecule has 29 heavy (non-hydrogen) atoms. The molecule has 6 nitrogen and oxygen atoms in total. The van der Waals surface area contributed by atoms with E-state index in [0.29, 0.717) is 17.0 Å². The van der Waals surface area contributed by atoms with Gasteiger partial charge in [0.2, 0.25) is 0 Å². The van der Waals surface area contributed by atoms with Crippen molar-refractivity contribution in [2.24, 2.45) is 11.6 Å². The number of hydrazine groups is 1. The molecule has 0 bridgehead atoms. The second-order valence-corrected chi connectivity index (χ2v) is 6.39. The molecule has 0 aliphatic heterocycles. The van der Waals surface area contributed by atoms with Crippen molar-refractivity contribution in [3.8, 4) is 11.4 Å². The van der Waals surface area contributed by atoms with Crippen molar-refractivity contribution >= 4 is 5.70 Å². The number of aromatic nitrogens is 3. The Bertz CT molecular complexity index is 1050. The predicted octanol–water partition coefficient (Wildman–Crippen LogP) is 3.09. The number of nitrogens with zero attached hydrogens (tertiary/aromatic N) is 3. The van der Waals surface area contributed by atoms with Crippen molar-refractivity contribution in [2.75, 3.05) is 0 Å². The number of aryl methyl sites for hydroxylation is 1. The molecule has 0 atom stereocenters. The Morgan fingerprint density at radius 2 is 1.90 bits per heavy atom. The van der Waals surface area contributed by atoms with Crippen LogP contribution in [0.25, 0.3) is 17.1 Å². The summed E-state index contributed by atoms with van der Waals surface area (Å²) < 4.78 is 54.7. The molecule has 5 N–H and O–H groups in total. The normalized spacial score (nSPS) is 12.6. The number of imidazole rings is 1. The van der Waals surface area contributed by atoms with E-state index in [-0.39, 0.29) is 17.9 Å². The minimum atomic E-state index is -4.73. The minimum absolute atomic E-state index is 0.0828. The zero-order valence-electron chi connectivity index (χ0n) is 15.3. The summed E-state index contributed by atoms with van der Waals surface area (Å²) in [6, 6.07) is 7.64. The number of nitrogens with two attached hydrogens (primary N) is 2. The summed E-state index contributed by atoms with van der Waals surface area (Å²) in [5, 5.41) is 0. The molecule has 3 rings (SSSR count). The van der Waals surface area contributed by atoms with Crippen molar-refractivity contribution in [3.63, 3.8) is 0 Å². The van der Waals surface area contributed by atoms with E-state index in [1.54, 1.807) is 35.2 Å². The van der Waals surface area contributed by atoms with Gasteiger partial charge in [-0.15, -0.1) is 0 Å². The molecule has 0 fully saturated rings. The summed E-state index contributed by atoms with van der Waals surface area (Å²) in [6.45, 7) is 2.04. The molecule has 10 heteroatoms. The molecular formula is C19H18F4N6. The van der Waals surface area contributed by atoms with Crippen molar-refractivity contribution in [3.05, 3.63) is 77.3 Å². The average molecular weight is 406 g/mol. The van der Waals surface area contributed by atoms with E-state index in [9.17, 15) is 17.6 Å². The highest BCUT2D eigenvalue weighted by Crippen LogP contribution is 2.28. The van der Waals surface area contributed by atoms with Gasteiger partial charge in [0, 0.05) is 23.5 Å². The molecule has 0 radical (unpaired) electrons. The fraction of sp³-hybridized carbons (Fsp3) is 0.158. The van der Waals surface area contributed by atoms with Crippen LogP contribution in [0.2, 0.25) is 0 Å². The molecule has 0 amide bonds. The lowest BCUT2D eigenvalue weighted by Gasteiger charge is -2.14. The zero-order chi connectivity index (χ0) is 21.2. The first-order chi connectivity index (χ1) is 13.7. The fourth-order valence-corrected chi connectivity index (χ4v) is 2.75. The van der Waals surface area contributed by atoms with Crippen molar-refractivity contribution < 1.29 is 17.6 Å². The predicted molar refractivity (Wildman–Crippen MR) is 100 cm³/mol. The van der Waals surface area contributed by atoms with Crippen LogP contribution in [0, 0.1) is 12.7 Å². The number of hydrogen-bond donors (Lipinski definition) is 3. The first-order valence-corrected chi connectivity index (χ1v) is 8.46. The first-order valence-electron chi connectivity index (χ1n) is 8.46.